The highest BCUT2D eigenvalue weighted by atomic mass is 31.2. The van der Waals surface area contributed by atoms with Crippen molar-refractivity contribution in [3.63, 3.8) is 0 Å². The largest absolute Gasteiger partial charge is 0.378 e. The van der Waals surface area contributed by atoms with E-state index in [1.807, 2.05) is 30.3 Å². The maximum Gasteiger partial charge on any atom is 0.371 e. The molecule has 1 fully saturated rings. The van der Waals surface area contributed by atoms with Crippen LogP contribution in [0.3, 0.4) is 0 Å². The molecular formula is C17H23N2O4P. The van der Waals surface area contributed by atoms with E-state index in [4.69, 9.17) is 13.8 Å². The summed E-state index contributed by atoms with van der Waals surface area (Å²) in [4.78, 5) is 2.19. The van der Waals surface area contributed by atoms with Crippen LogP contribution in [-0.2, 0) is 18.3 Å². The quantitative estimate of drug-likeness (QED) is 0.552. The van der Waals surface area contributed by atoms with E-state index >= 15 is 0 Å². The van der Waals surface area contributed by atoms with Gasteiger partial charge in [-0.1, -0.05) is 18.2 Å². The second-order valence-electron chi connectivity index (χ2n) is 5.13. The van der Waals surface area contributed by atoms with E-state index in [2.05, 4.69) is 4.90 Å². The van der Waals surface area contributed by atoms with Crippen molar-refractivity contribution in [2.75, 3.05) is 44.4 Å². The fourth-order valence-corrected chi connectivity index (χ4v) is 3.99. The molecule has 1 aromatic rings. The lowest BCUT2D eigenvalue weighted by Gasteiger charge is -2.30. The van der Waals surface area contributed by atoms with E-state index < -0.39 is 7.60 Å². The molecule has 0 spiro atoms. The summed E-state index contributed by atoms with van der Waals surface area (Å²) in [5.74, 6) is 0. The van der Waals surface area contributed by atoms with Crippen molar-refractivity contribution in [1.29, 1.82) is 5.26 Å². The molecule has 0 unspecified atom stereocenters. The summed E-state index contributed by atoms with van der Waals surface area (Å²) >= 11 is 0. The predicted molar refractivity (Wildman–Crippen MR) is 93.9 cm³/mol. The van der Waals surface area contributed by atoms with E-state index in [9.17, 15) is 9.83 Å². The van der Waals surface area contributed by atoms with Crippen molar-refractivity contribution >= 4 is 19.4 Å². The van der Waals surface area contributed by atoms with Crippen LogP contribution in [0, 0.1) is 11.3 Å². The zero-order valence-electron chi connectivity index (χ0n) is 14.1. The van der Waals surface area contributed by atoms with Crippen molar-refractivity contribution in [3.8, 4) is 6.07 Å². The van der Waals surface area contributed by atoms with Gasteiger partial charge in [0.2, 0.25) is 0 Å². The Hall–Kier alpha value is -1.64. The molecule has 24 heavy (non-hydrogen) atoms. The molecule has 6 nitrogen and oxygen atoms in total. The molecule has 0 aliphatic carbocycles. The van der Waals surface area contributed by atoms with Crippen LogP contribution in [0.25, 0.3) is 6.08 Å². The molecule has 1 saturated heterocycles. The van der Waals surface area contributed by atoms with Crippen LogP contribution in [-0.4, -0.2) is 39.5 Å². The molecule has 2 rings (SSSR count). The van der Waals surface area contributed by atoms with Crippen LogP contribution in [0.1, 0.15) is 19.4 Å². The number of para-hydroxylation sites is 1. The highest BCUT2D eigenvalue weighted by molar-refractivity contribution is 7.59. The second kappa shape index (κ2) is 9.00. The third-order valence-electron chi connectivity index (χ3n) is 3.59. The molecule has 0 N–H and O–H groups in total. The second-order valence-corrected chi connectivity index (χ2v) is 7.13. The van der Waals surface area contributed by atoms with E-state index in [1.165, 1.54) is 0 Å². The van der Waals surface area contributed by atoms with E-state index in [1.54, 1.807) is 19.9 Å². The third-order valence-corrected chi connectivity index (χ3v) is 5.60. The maximum atomic E-state index is 12.9. The zero-order chi connectivity index (χ0) is 17.4. The highest BCUT2D eigenvalue weighted by Gasteiger charge is 2.30. The van der Waals surface area contributed by atoms with Crippen molar-refractivity contribution in [3.05, 3.63) is 35.1 Å². The molecular weight excluding hydrogens is 327 g/mol. The Morgan fingerprint density at radius 2 is 1.92 bits per heavy atom. The van der Waals surface area contributed by atoms with Crippen molar-refractivity contribution in [1.82, 2.24) is 0 Å². The summed E-state index contributed by atoms with van der Waals surface area (Å²) < 4.78 is 28.8. The minimum atomic E-state index is -3.60. The van der Waals surface area contributed by atoms with Crippen LogP contribution >= 0.6 is 7.60 Å². The van der Waals surface area contributed by atoms with Gasteiger partial charge in [-0.05, 0) is 31.6 Å². The van der Waals surface area contributed by atoms with Gasteiger partial charge in [0, 0.05) is 18.8 Å². The van der Waals surface area contributed by atoms with Gasteiger partial charge in [-0.15, -0.1) is 0 Å². The van der Waals surface area contributed by atoms with Gasteiger partial charge in [-0.25, -0.2) is 0 Å². The first kappa shape index (κ1) is 18.7. The molecule has 0 saturated carbocycles. The first-order valence-corrected chi connectivity index (χ1v) is 9.62. The monoisotopic (exact) mass is 350 g/mol. The zero-order valence-corrected chi connectivity index (χ0v) is 15.0. The normalized spacial score (nSPS) is 16.0. The summed E-state index contributed by atoms with van der Waals surface area (Å²) in [5, 5.41) is 9.51. The number of allylic oxidation sites excluding steroid dienone is 1. The maximum absolute atomic E-state index is 12.9. The fourth-order valence-electron chi connectivity index (χ4n) is 2.54. The molecule has 130 valence electrons. The number of benzene rings is 1. The Bertz CT molecular complexity index is 653. The third kappa shape index (κ3) is 4.46. The summed E-state index contributed by atoms with van der Waals surface area (Å²) in [5.41, 5.74) is 1.80. The van der Waals surface area contributed by atoms with Crippen molar-refractivity contribution in [2.45, 2.75) is 13.8 Å². The van der Waals surface area contributed by atoms with Crippen molar-refractivity contribution < 1.29 is 18.3 Å². The number of nitriles is 1. The van der Waals surface area contributed by atoms with Gasteiger partial charge in [-0.2, -0.15) is 5.26 Å². The van der Waals surface area contributed by atoms with Crippen LogP contribution in [0.2, 0.25) is 0 Å². The average Bonchev–Trinajstić information content (AvgIpc) is 2.61. The summed E-state index contributed by atoms with van der Waals surface area (Å²) in [7, 11) is -3.60. The Kier molecular flexibility index (Phi) is 7.01. The number of hydrogen-bond donors (Lipinski definition) is 0. The molecule has 1 aromatic carbocycles. The number of anilines is 1. The average molecular weight is 350 g/mol. The van der Waals surface area contributed by atoms with Gasteiger partial charge in [0.25, 0.3) is 0 Å². The molecule has 1 aliphatic heterocycles. The van der Waals surface area contributed by atoms with Crippen LogP contribution in [0.15, 0.2) is 29.6 Å². The number of ether oxygens (including phenoxy) is 1. The van der Waals surface area contributed by atoms with Crippen LogP contribution < -0.4 is 4.90 Å². The predicted octanol–water partition coefficient (Wildman–Crippen LogP) is 3.65. The van der Waals surface area contributed by atoms with Gasteiger partial charge in [0.05, 0.1) is 26.4 Å². The molecule has 0 bridgehead atoms. The lowest BCUT2D eigenvalue weighted by Crippen LogP contribution is -2.36. The molecule has 1 aliphatic rings. The van der Waals surface area contributed by atoms with E-state index in [-0.39, 0.29) is 18.5 Å². The first-order chi connectivity index (χ1) is 11.6. The molecule has 0 amide bonds. The topological polar surface area (TPSA) is 71.8 Å². The molecule has 0 radical (unpaired) electrons. The van der Waals surface area contributed by atoms with Crippen LogP contribution in [0.4, 0.5) is 5.69 Å². The molecule has 7 heteroatoms. The van der Waals surface area contributed by atoms with Gasteiger partial charge in [0.1, 0.15) is 11.4 Å². The summed E-state index contributed by atoms with van der Waals surface area (Å²) in [6.07, 6.45) is 1.61. The van der Waals surface area contributed by atoms with Gasteiger partial charge in [0.15, 0.2) is 0 Å². The smallest absolute Gasteiger partial charge is 0.371 e. The van der Waals surface area contributed by atoms with Gasteiger partial charge >= 0.3 is 7.60 Å². The number of hydrogen-bond acceptors (Lipinski definition) is 6. The lowest BCUT2D eigenvalue weighted by molar-refractivity contribution is 0.122. The SMILES string of the molecule is CCOP(=O)(OCC)/C(C#N)=C\c1ccccc1N1CCOCC1. The molecule has 0 aromatic heterocycles. The Balaban J connectivity index is 2.40. The van der Waals surface area contributed by atoms with E-state index in [0.717, 1.165) is 24.3 Å². The van der Waals surface area contributed by atoms with E-state index in [0.29, 0.717) is 13.2 Å². The Labute approximate surface area is 143 Å². The number of rotatable bonds is 7. The van der Waals surface area contributed by atoms with Gasteiger partial charge in [-0.3, -0.25) is 4.57 Å². The minimum absolute atomic E-state index is 0.0203. The summed E-state index contributed by atoms with van der Waals surface area (Å²) in [6.45, 7) is 6.76. The highest BCUT2D eigenvalue weighted by Crippen LogP contribution is 2.56. The molecule has 0 atom stereocenters. The fraction of sp³-hybridized carbons (Fsp3) is 0.471. The van der Waals surface area contributed by atoms with Crippen LogP contribution in [0.5, 0.6) is 0 Å². The van der Waals surface area contributed by atoms with Gasteiger partial charge < -0.3 is 18.7 Å². The first-order valence-electron chi connectivity index (χ1n) is 8.07. The standard InChI is InChI=1S/C17H23N2O4P/c1-3-22-24(20,23-4-2)16(14-18)13-15-7-5-6-8-17(15)19-9-11-21-12-10-19/h5-8,13H,3-4,9-12H2,1-2H3/b16-13-. The minimum Gasteiger partial charge on any atom is -0.378 e. The molecule has 1 heterocycles. The summed E-state index contributed by atoms with van der Waals surface area (Å²) in [6, 6.07) is 9.70. The number of nitrogens with zero attached hydrogens (tertiary/aromatic N) is 2. The number of morpholine rings is 1. The van der Waals surface area contributed by atoms with Crippen molar-refractivity contribution in [2.24, 2.45) is 0 Å². The Morgan fingerprint density at radius 1 is 1.29 bits per heavy atom. The Morgan fingerprint density at radius 3 is 2.50 bits per heavy atom. The lowest BCUT2D eigenvalue weighted by atomic mass is 10.1.